The number of nitrogens with one attached hydrogen (secondary N) is 1. The van der Waals surface area contributed by atoms with Gasteiger partial charge < -0.3 is 15.3 Å². The number of fused-ring (bicyclic) bond motifs is 3. The van der Waals surface area contributed by atoms with Crippen molar-refractivity contribution in [3.63, 3.8) is 0 Å². The Labute approximate surface area is 168 Å². The van der Waals surface area contributed by atoms with Gasteiger partial charge in [-0.15, -0.1) is 0 Å². The predicted octanol–water partition coefficient (Wildman–Crippen LogP) is 2.44. The number of nitrogens with zero attached hydrogens (tertiary/aromatic N) is 1. The van der Waals surface area contributed by atoms with Crippen molar-refractivity contribution in [2.24, 2.45) is 11.8 Å². The summed E-state index contributed by atoms with van der Waals surface area (Å²) in [6.07, 6.45) is 2.93. The molecule has 6 nitrogen and oxygen atoms in total. The number of hydrogen-bond donors (Lipinski definition) is 2. The van der Waals surface area contributed by atoms with E-state index in [-0.39, 0.29) is 11.8 Å². The topological polar surface area (TPSA) is 86.7 Å². The molecule has 1 aliphatic carbocycles. The molecule has 0 bridgehead atoms. The summed E-state index contributed by atoms with van der Waals surface area (Å²) in [5, 5.41) is 14.8. The number of carbonyl (C=O) groups excluding carboxylic acids is 2. The number of aliphatic carboxylic acids is 1. The summed E-state index contributed by atoms with van der Waals surface area (Å²) in [5.41, 5.74) is 1.78. The molecule has 2 aliphatic heterocycles. The maximum Gasteiger partial charge on any atom is 0.307 e. The molecule has 2 atom stereocenters. The van der Waals surface area contributed by atoms with E-state index in [2.05, 4.69) is 29.6 Å². The molecule has 2 aromatic rings. The number of piperidine rings is 1. The first-order chi connectivity index (χ1) is 14.0. The molecule has 3 aliphatic rings. The predicted molar refractivity (Wildman–Crippen MR) is 107 cm³/mol. The van der Waals surface area contributed by atoms with Crippen molar-refractivity contribution >= 4 is 28.6 Å². The summed E-state index contributed by atoms with van der Waals surface area (Å²) in [5.74, 6) is -1.82. The smallest absolute Gasteiger partial charge is 0.307 e. The Morgan fingerprint density at radius 2 is 1.69 bits per heavy atom. The SMILES string of the molecule is O=C1Cc2cc3ccccc3cc2C2(CCN(C(=O)C3CCC3C(=O)O)CC2)N1. The van der Waals surface area contributed by atoms with Crippen molar-refractivity contribution in [3.8, 4) is 0 Å². The number of carboxylic acid groups (broad SMARTS) is 1. The van der Waals surface area contributed by atoms with E-state index in [4.69, 9.17) is 0 Å². The molecule has 2 fully saturated rings. The fraction of sp³-hybridized carbons (Fsp3) is 0.435. The Balaban J connectivity index is 1.40. The third-order valence-electron chi connectivity index (χ3n) is 7.05. The third-order valence-corrected chi connectivity index (χ3v) is 7.05. The summed E-state index contributed by atoms with van der Waals surface area (Å²) in [6.45, 7) is 1.07. The molecule has 1 spiro atoms. The fourth-order valence-electron chi connectivity index (χ4n) is 5.26. The molecule has 0 aromatic heterocycles. The molecular formula is C23H24N2O4. The second-order valence-electron chi connectivity index (χ2n) is 8.62. The van der Waals surface area contributed by atoms with Gasteiger partial charge in [0.15, 0.2) is 0 Å². The minimum Gasteiger partial charge on any atom is -0.481 e. The monoisotopic (exact) mass is 392 g/mol. The van der Waals surface area contributed by atoms with E-state index >= 15 is 0 Å². The molecule has 2 aromatic carbocycles. The zero-order chi connectivity index (χ0) is 20.2. The maximum absolute atomic E-state index is 12.8. The number of likely N-dealkylation sites (tertiary alicyclic amines) is 1. The van der Waals surface area contributed by atoms with Crippen LogP contribution in [0.1, 0.15) is 36.8 Å². The molecule has 6 heteroatoms. The first-order valence-corrected chi connectivity index (χ1v) is 10.3. The summed E-state index contributed by atoms with van der Waals surface area (Å²) in [6, 6.07) is 12.5. The average Bonchev–Trinajstić information content (AvgIpc) is 2.66. The van der Waals surface area contributed by atoms with Crippen LogP contribution in [0.25, 0.3) is 10.8 Å². The summed E-state index contributed by atoms with van der Waals surface area (Å²) >= 11 is 0. The molecule has 2 N–H and O–H groups in total. The molecule has 2 amide bonds. The maximum atomic E-state index is 12.8. The second kappa shape index (κ2) is 6.58. The molecule has 29 heavy (non-hydrogen) atoms. The molecule has 150 valence electrons. The lowest BCUT2D eigenvalue weighted by Gasteiger charge is -2.47. The molecule has 1 saturated carbocycles. The lowest BCUT2D eigenvalue weighted by molar-refractivity contribution is -0.157. The standard InChI is InChI=1S/C23H24N2O4/c26-20-13-16-11-14-3-1-2-4-15(14)12-19(16)23(24-20)7-9-25(10-8-23)21(27)17-5-6-18(17)22(28)29/h1-4,11-12,17-18H,5-10,13H2,(H,24,26)(H,28,29). The minimum atomic E-state index is -0.872. The lowest BCUT2D eigenvalue weighted by Crippen LogP contribution is -2.58. The van der Waals surface area contributed by atoms with Gasteiger partial charge in [0.05, 0.1) is 23.8 Å². The second-order valence-corrected chi connectivity index (χ2v) is 8.62. The van der Waals surface area contributed by atoms with Crippen LogP contribution in [0.15, 0.2) is 36.4 Å². The van der Waals surface area contributed by atoms with Gasteiger partial charge in [-0.2, -0.15) is 0 Å². The van der Waals surface area contributed by atoms with Gasteiger partial charge in [0.2, 0.25) is 11.8 Å². The molecule has 0 radical (unpaired) electrons. The lowest BCUT2D eigenvalue weighted by atomic mass is 9.71. The number of rotatable bonds is 2. The highest BCUT2D eigenvalue weighted by atomic mass is 16.4. The Morgan fingerprint density at radius 1 is 1.03 bits per heavy atom. The Hall–Kier alpha value is -2.89. The normalized spacial score (nSPS) is 25.2. The fourth-order valence-corrected chi connectivity index (χ4v) is 5.26. The number of carboxylic acids is 1. The van der Waals surface area contributed by atoms with Crippen molar-refractivity contribution in [2.75, 3.05) is 13.1 Å². The van der Waals surface area contributed by atoms with Gasteiger partial charge in [-0.1, -0.05) is 30.3 Å². The van der Waals surface area contributed by atoms with E-state index in [1.807, 2.05) is 12.1 Å². The Morgan fingerprint density at radius 3 is 2.31 bits per heavy atom. The van der Waals surface area contributed by atoms with Crippen molar-refractivity contribution < 1.29 is 19.5 Å². The van der Waals surface area contributed by atoms with Crippen LogP contribution in [0, 0.1) is 11.8 Å². The zero-order valence-electron chi connectivity index (χ0n) is 16.2. The highest BCUT2D eigenvalue weighted by Gasteiger charge is 2.47. The van der Waals surface area contributed by atoms with Crippen LogP contribution in [0.4, 0.5) is 0 Å². The van der Waals surface area contributed by atoms with Crippen molar-refractivity contribution in [3.05, 3.63) is 47.5 Å². The van der Waals surface area contributed by atoms with Gasteiger partial charge in [-0.25, -0.2) is 0 Å². The summed E-state index contributed by atoms with van der Waals surface area (Å²) < 4.78 is 0. The highest BCUT2D eigenvalue weighted by molar-refractivity contribution is 5.90. The van der Waals surface area contributed by atoms with Crippen molar-refractivity contribution in [2.45, 2.75) is 37.6 Å². The van der Waals surface area contributed by atoms with Crippen LogP contribution in [0.5, 0.6) is 0 Å². The number of amides is 2. The van der Waals surface area contributed by atoms with Gasteiger partial charge in [0.1, 0.15) is 0 Å². The third kappa shape index (κ3) is 2.89. The Bertz CT molecular complexity index is 1020. The van der Waals surface area contributed by atoms with E-state index in [0.717, 1.165) is 21.9 Å². The largest absolute Gasteiger partial charge is 0.481 e. The van der Waals surface area contributed by atoms with Crippen molar-refractivity contribution in [1.82, 2.24) is 10.2 Å². The first-order valence-electron chi connectivity index (χ1n) is 10.3. The van der Waals surface area contributed by atoms with Crippen LogP contribution in [0.2, 0.25) is 0 Å². The van der Waals surface area contributed by atoms with E-state index in [0.29, 0.717) is 45.2 Å². The highest BCUT2D eigenvalue weighted by Crippen LogP contribution is 2.41. The van der Waals surface area contributed by atoms with Gasteiger partial charge in [0.25, 0.3) is 0 Å². The zero-order valence-corrected chi connectivity index (χ0v) is 16.2. The van der Waals surface area contributed by atoms with Crippen LogP contribution >= 0.6 is 0 Å². The first kappa shape index (κ1) is 18.2. The number of hydrogen-bond acceptors (Lipinski definition) is 3. The molecule has 2 heterocycles. The van der Waals surface area contributed by atoms with E-state index in [9.17, 15) is 19.5 Å². The summed E-state index contributed by atoms with van der Waals surface area (Å²) in [4.78, 5) is 38.4. The van der Waals surface area contributed by atoms with E-state index in [1.165, 1.54) is 0 Å². The minimum absolute atomic E-state index is 0.0255. The van der Waals surface area contributed by atoms with Crippen LogP contribution in [0.3, 0.4) is 0 Å². The average molecular weight is 392 g/mol. The summed E-state index contributed by atoms with van der Waals surface area (Å²) in [7, 11) is 0. The molecular weight excluding hydrogens is 368 g/mol. The number of benzene rings is 2. The van der Waals surface area contributed by atoms with Crippen LogP contribution in [-0.4, -0.2) is 40.9 Å². The van der Waals surface area contributed by atoms with E-state index < -0.39 is 23.3 Å². The molecule has 1 saturated heterocycles. The molecule has 2 unspecified atom stereocenters. The van der Waals surface area contributed by atoms with Gasteiger partial charge >= 0.3 is 5.97 Å². The number of carbonyl (C=O) groups is 3. The van der Waals surface area contributed by atoms with Gasteiger partial charge in [0, 0.05) is 13.1 Å². The quantitative estimate of drug-likeness (QED) is 0.822. The van der Waals surface area contributed by atoms with Gasteiger partial charge in [-0.05, 0) is 53.6 Å². The van der Waals surface area contributed by atoms with Crippen LogP contribution in [-0.2, 0) is 26.3 Å². The van der Waals surface area contributed by atoms with Crippen molar-refractivity contribution in [1.29, 1.82) is 0 Å². The Kier molecular flexibility index (Phi) is 4.12. The van der Waals surface area contributed by atoms with Gasteiger partial charge in [-0.3, -0.25) is 14.4 Å². The van der Waals surface area contributed by atoms with Crippen LogP contribution < -0.4 is 5.32 Å². The van der Waals surface area contributed by atoms with E-state index in [1.54, 1.807) is 4.90 Å². The molecule has 5 rings (SSSR count).